The van der Waals surface area contributed by atoms with Gasteiger partial charge in [0.05, 0.1) is 5.69 Å². The number of nitrogens with one attached hydrogen (secondary N) is 1. The van der Waals surface area contributed by atoms with E-state index in [1.807, 2.05) is 62.3 Å². The summed E-state index contributed by atoms with van der Waals surface area (Å²) in [6, 6.07) is 15.5. The van der Waals surface area contributed by atoms with E-state index in [-0.39, 0.29) is 5.91 Å². The van der Waals surface area contributed by atoms with Crippen molar-refractivity contribution in [1.82, 2.24) is 4.98 Å². The first-order chi connectivity index (χ1) is 15.3. The number of benzene rings is 2. The molecule has 0 fully saturated rings. The third-order valence-electron chi connectivity index (χ3n) is 4.99. The first-order valence-electron chi connectivity index (χ1n) is 10.0. The minimum absolute atomic E-state index is 0.366. The molecule has 1 unspecified atom stereocenters. The Morgan fingerprint density at radius 2 is 1.88 bits per heavy atom. The van der Waals surface area contributed by atoms with E-state index >= 15 is 0 Å². The van der Waals surface area contributed by atoms with Crippen LogP contribution in [0.4, 0.5) is 17.1 Å². The van der Waals surface area contributed by atoms with E-state index in [1.165, 1.54) is 11.0 Å². The number of amides is 2. The zero-order valence-corrected chi connectivity index (χ0v) is 19.8. The molecule has 0 saturated carbocycles. The van der Waals surface area contributed by atoms with Crippen LogP contribution >= 0.6 is 15.9 Å². The first-order valence-corrected chi connectivity index (χ1v) is 10.8. The lowest BCUT2D eigenvalue weighted by atomic mass is 10.0. The van der Waals surface area contributed by atoms with E-state index in [0.717, 1.165) is 15.7 Å². The Labute approximate surface area is 196 Å². The van der Waals surface area contributed by atoms with Gasteiger partial charge in [-0.2, -0.15) is 0 Å². The van der Waals surface area contributed by atoms with Crippen LogP contribution in [-0.2, 0) is 9.59 Å². The highest BCUT2D eigenvalue weighted by atomic mass is 79.9. The average molecular weight is 493 g/mol. The van der Waals surface area contributed by atoms with Crippen LogP contribution in [-0.4, -0.2) is 30.9 Å². The molecule has 3 aromatic rings. The third-order valence-corrected chi connectivity index (χ3v) is 5.68. The van der Waals surface area contributed by atoms with Crippen LogP contribution in [0.2, 0.25) is 0 Å². The Bertz CT molecular complexity index is 1130. The van der Waals surface area contributed by atoms with Crippen molar-refractivity contribution in [3.8, 4) is 0 Å². The molecule has 6 nitrogen and oxygen atoms in total. The van der Waals surface area contributed by atoms with Crippen LogP contribution in [0.15, 0.2) is 84.1 Å². The average Bonchev–Trinajstić information content (AvgIpc) is 2.78. The Balaban J connectivity index is 2.12. The van der Waals surface area contributed by atoms with Crippen molar-refractivity contribution >= 4 is 44.8 Å². The zero-order valence-electron chi connectivity index (χ0n) is 18.2. The summed E-state index contributed by atoms with van der Waals surface area (Å²) in [7, 11) is 3.91. The molecule has 0 bridgehead atoms. The minimum Gasteiger partial charge on any atom is -0.377 e. The number of carbonyl (C=O) groups is 2. The van der Waals surface area contributed by atoms with Crippen LogP contribution in [0, 0.1) is 6.92 Å². The number of anilines is 3. The standard InChI is InChI=1S/C25H25BrN4O2/c1-5-23(31)30(19-12-13-22(29(3)4)17(2)15-19)24(18-9-8-14-27-16-18)25(32)28-21-11-7-6-10-20(21)26/h5-16,24H,1H2,2-4H3,(H,28,32). The maximum Gasteiger partial charge on any atom is 0.252 e. The SMILES string of the molecule is C=CC(=O)N(c1ccc(N(C)C)c(C)c1)C(C(=O)Nc1ccccc1Br)c1cccnc1. The van der Waals surface area contributed by atoms with Gasteiger partial charge in [-0.3, -0.25) is 19.5 Å². The molecule has 1 atom stereocenters. The lowest BCUT2D eigenvalue weighted by Gasteiger charge is -2.31. The number of para-hydroxylation sites is 1. The monoisotopic (exact) mass is 492 g/mol. The molecule has 1 N–H and O–H groups in total. The summed E-state index contributed by atoms with van der Waals surface area (Å²) in [6.45, 7) is 5.62. The van der Waals surface area contributed by atoms with Crippen LogP contribution in [0.1, 0.15) is 17.2 Å². The molecule has 0 radical (unpaired) electrons. The maximum atomic E-state index is 13.6. The largest absolute Gasteiger partial charge is 0.377 e. The number of rotatable bonds is 7. The Hall–Kier alpha value is -3.45. The zero-order chi connectivity index (χ0) is 23.3. The maximum absolute atomic E-state index is 13.6. The fraction of sp³-hybridized carbons (Fsp3) is 0.160. The van der Waals surface area contributed by atoms with Crippen molar-refractivity contribution in [2.75, 3.05) is 29.2 Å². The van der Waals surface area contributed by atoms with E-state index in [0.29, 0.717) is 16.9 Å². The molecule has 32 heavy (non-hydrogen) atoms. The molecule has 3 rings (SSSR count). The molecule has 0 aliphatic rings. The quantitative estimate of drug-likeness (QED) is 0.465. The van der Waals surface area contributed by atoms with Crippen molar-refractivity contribution < 1.29 is 9.59 Å². The van der Waals surface area contributed by atoms with Gasteiger partial charge in [0.25, 0.3) is 11.8 Å². The second kappa shape index (κ2) is 10.2. The number of carbonyl (C=O) groups excluding carboxylic acids is 2. The minimum atomic E-state index is -0.953. The lowest BCUT2D eigenvalue weighted by Crippen LogP contribution is -2.41. The summed E-state index contributed by atoms with van der Waals surface area (Å²) in [4.78, 5) is 34.2. The normalized spacial score (nSPS) is 11.4. The number of aryl methyl sites for hydroxylation is 1. The van der Waals surface area contributed by atoms with Gasteiger partial charge < -0.3 is 10.2 Å². The number of aromatic nitrogens is 1. The van der Waals surface area contributed by atoms with E-state index in [4.69, 9.17) is 0 Å². The van der Waals surface area contributed by atoms with Gasteiger partial charge in [0, 0.05) is 47.9 Å². The van der Waals surface area contributed by atoms with Crippen LogP contribution in [0.3, 0.4) is 0 Å². The van der Waals surface area contributed by atoms with Crippen molar-refractivity contribution in [2.24, 2.45) is 0 Å². The Morgan fingerprint density at radius 1 is 1.12 bits per heavy atom. The summed E-state index contributed by atoms with van der Waals surface area (Å²) in [5.41, 5.74) is 3.79. The smallest absolute Gasteiger partial charge is 0.252 e. The number of nitrogens with zero attached hydrogens (tertiary/aromatic N) is 3. The van der Waals surface area contributed by atoms with Crippen molar-refractivity contribution in [1.29, 1.82) is 0 Å². The predicted octanol–water partition coefficient (Wildman–Crippen LogP) is 5.12. The predicted molar refractivity (Wildman–Crippen MR) is 133 cm³/mol. The van der Waals surface area contributed by atoms with Gasteiger partial charge in [0.2, 0.25) is 0 Å². The Morgan fingerprint density at radius 3 is 2.47 bits per heavy atom. The van der Waals surface area contributed by atoms with Crippen molar-refractivity contribution in [3.63, 3.8) is 0 Å². The third kappa shape index (κ3) is 5.06. The van der Waals surface area contributed by atoms with Crippen molar-refractivity contribution in [3.05, 3.63) is 95.2 Å². The highest BCUT2D eigenvalue weighted by Crippen LogP contribution is 2.33. The Kier molecular flexibility index (Phi) is 7.43. The highest BCUT2D eigenvalue weighted by Gasteiger charge is 2.32. The summed E-state index contributed by atoms with van der Waals surface area (Å²) in [6.07, 6.45) is 4.43. The molecule has 0 aliphatic heterocycles. The molecule has 0 aliphatic carbocycles. The summed E-state index contributed by atoms with van der Waals surface area (Å²) in [5, 5.41) is 2.93. The lowest BCUT2D eigenvalue weighted by molar-refractivity contribution is -0.121. The van der Waals surface area contributed by atoms with Gasteiger partial charge in [-0.15, -0.1) is 0 Å². The van der Waals surface area contributed by atoms with Gasteiger partial charge in [0.1, 0.15) is 6.04 Å². The molecule has 2 aromatic carbocycles. The van der Waals surface area contributed by atoms with E-state index in [2.05, 4.69) is 32.8 Å². The van der Waals surface area contributed by atoms with Gasteiger partial charge in [0.15, 0.2) is 0 Å². The second-order valence-electron chi connectivity index (χ2n) is 7.44. The molecule has 7 heteroatoms. The number of pyridine rings is 1. The van der Waals surface area contributed by atoms with Crippen LogP contribution < -0.4 is 15.1 Å². The number of hydrogen-bond donors (Lipinski definition) is 1. The van der Waals surface area contributed by atoms with E-state index in [1.54, 1.807) is 30.6 Å². The number of halogens is 1. The van der Waals surface area contributed by atoms with Gasteiger partial charge in [-0.05, 0) is 70.9 Å². The molecule has 164 valence electrons. The first kappa shape index (κ1) is 23.2. The summed E-state index contributed by atoms with van der Waals surface area (Å²) in [5.74, 6) is -0.757. The highest BCUT2D eigenvalue weighted by molar-refractivity contribution is 9.10. The van der Waals surface area contributed by atoms with Gasteiger partial charge in [-0.1, -0.05) is 24.8 Å². The fourth-order valence-electron chi connectivity index (χ4n) is 3.51. The van der Waals surface area contributed by atoms with E-state index in [9.17, 15) is 9.59 Å². The second-order valence-corrected chi connectivity index (χ2v) is 8.29. The molecule has 2 amide bonds. The van der Waals surface area contributed by atoms with Crippen molar-refractivity contribution in [2.45, 2.75) is 13.0 Å². The van der Waals surface area contributed by atoms with Crippen LogP contribution in [0.25, 0.3) is 0 Å². The fourth-order valence-corrected chi connectivity index (χ4v) is 3.90. The van der Waals surface area contributed by atoms with Gasteiger partial charge in [-0.25, -0.2) is 0 Å². The van der Waals surface area contributed by atoms with E-state index < -0.39 is 11.9 Å². The van der Waals surface area contributed by atoms with Crippen LogP contribution in [0.5, 0.6) is 0 Å². The van der Waals surface area contributed by atoms with Gasteiger partial charge >= 0.3 is 0 Å². The molecule has 0 saturated heterocycles. The molecule has 0 spiro atoms. The molecule has 1 heterocycles. The topological polar surface area (TPSA) is 65.5 Å². The molecular weight excluding hydrogens is 468 g/mol. The molecule has 1 aromatic heterocycles. The number of hydrogen-bond acceptors (Lipinski definition) is 4. The summed E-state index contributed by atoms with van der Waals surface area (Å²) < 4.78 is 0.742. The molecular formula is C25H25BrN4O2. The summed E-state index contributed by atoms with van der Waals surface area (Å²) >= 11 is 3.46.